The molecule has 28 heavy (non-hydrogen) atoms. The van der Waals surface area contributed by atoms with Crippen molar-refractivity contribution >= 4 is 11.6 Å². The fourth-order valence-electron chi connectivity index (χ4n) is 2.55. The highest BCUT2D eigenvalue weighted by molar-refractivity contribution is 5.77. The SMILES string of the molecule is COc1cccc(OCC(=O)NCCc2cn3cc(C(F)(F)F)ccc3n2)c1. The zero-order chi connectivity index (χ0) is 20.1. The number of pyridine rings is 1. The van der Waals surface area contributed by atoms with Crippen molar-refractivity contribution in [2.24, 2.45) is 0 Å². The number of nitrogens with one attached hydrogen (secondary N) is 1. The largest absolute Gasteiger partial charge is 0.497 e. The second-order valence-electron chi connectivity index (χ2n) is 5.98. The third-order valence-corrected chi connectivity index (χ3v) is 3.94. The minimum atomic E-state index is -4.41. The molecule has 2 heterocycles. The molecule has 0 fully saturated rings. The normalized spacial score (nSPS) is 11.4. The highest BCUT2D eigenvalue weighted by Crippen LogP contribution is 2.29. The average molecular weight is 393 g/mol. The van der Waals surface area contributed by atoms with Crippen LogP contribution in [0.1, 0.15) is 11.3 Å². The number of benzene rings is 1. The van der Waals surface area contributed by atoms with Crippen LogP contribution in [0.25, 0.3) is 5.65 Å². The summed E-state index contributed by atoms with van der Waals surface area (Å²) in [5.41, 5.74) is 0.246. The van der Waals surface area contributed by atoms with Crippen LogP contribution >= 0.6 is 0 Å². The molecule has 0 unspecified atom stereocenters. The van der Waals surface area contributed by atoms with Gasteiger partial charge in [0.05, 0.1) is 18.4 Å². The predicted molar refractivity (Wildman–Crippen MR) is 95.4 cm³/mol. The molecule has 0 saturated carbocycles. The van der Waals surface area contributed by atoms with Crippen molar-refractivity contribution < 1.29 is 27.4 Å². The number of fused-ring (bicyclic) bond motifs is 1. The highest BCUT2D eigenvalue weighted by Gasteiger charge is 2.30. The maximum Gasteiger partial charge on any atom is 0.417 e. The van der Waals surface area contributed by atoms with Gasteiger partial charge in [-0.15, -0.1) is 0 Å². The van der Waals surface area contributed by atoms with E-state index in [1.807, 2.05) is 0 Å². The van der Waals surface area contributed by atoms with Crippen LogP contribution in [-0.2, 0) is 17.4 Å². The summed E-state index contributed by atoms with van der Waals surface area (Å²) in [6, 6.07) is 9.19. The Bertz CT molecular complexity index is 970. The van der Waals surface area contributed by atoms with Crippen LogP contribution in [0.3, 0.4) is 0 Å². The molecule has 1 aromatic carbocycles. The molecule has 3 aromatic rings. The van der Waals surface area contributed by atoms with Gasteiger partial charge < -0.3 is 19.2 Å². The lowest BCUT2D eigenvalue weighted by Crippen LogP contribution is -2.30. The molecule has 3 rings (SSSR count). The molecule has 0 radical (unpaired) electrons. The number of carbonyl (C=O) groups is 1. The average Bonchev–Trinajstić information content (AvgIpc) is 3.07. The first-order valence-electron chi connectivity index (χ1n) is 8.43. The van der Waals surface area contributed by atoms with Crippen LogP contribution in [-0.4, -0.2) is 35.6 Å². The zero-order valence-electron chi connectivity index (χ0n) is 15.0. The molecule has 0 aliphatic heterocycles. The summed E-state index contributed by atoms with van der Waals surface area (Å²) in [5.74, 6) is 0.819. The van der Waals surface area contributed by atoms with Crippen LogP contribution < -0.4 is 14.8 Å². The second-order valence-corrected chi connectivity index (χ2v) is 5.98. The van der Waals surface area contributed by atoms with Gasteiger partial charge >= 0.3 is 6.18 Å². The summed E-state index contributed by atoms with van der Waals surface area (Å²) in [6.07, 6.45) is -1.51. The number of hydrogen-bond donors (Lipinski definition) is 1. The van der Waals surface area contributed by atoms with Gasteiger partial charge in [-0.3, -0.25) is 4.79 Å². The molecular weight excluding hydrogens is 375 g/mol. The van der Waals surface area contributed by atoms with Gasteiger partial charge in [0, 0.05) is 31.4 Å². The monoisotopic (exact) mass is 393 g/mol. The Kier molecular flexibility index (Phi) is 5.72. The summed E-state index contributed by atoms with van der Waals surface area (Å²) in [6.45, 7) is 0.129. The number of hydrogen-bond acceptors (Lipinski definition) is 4. The number of methoxy groups -OCH3 is 1. The lowest BCUT2D eigenvalue weighted by molar-refractivity contribution is -0.137. The second kappa shape index (κ2) is 8.20. The Morgan fingerprint density at radius 3 is 2.71 bits per heavy atom. The smallest absolute Gasteiger partial charge is 0.417 e. The first-order valence-corrected chi connectivity index (χ1v) is 8.43. The highest BCUT2D eigenvalue weighted by atomic mass is 19.4. The number of carbonyl (C=O) groups excluding carboxylic acids is 1. The van der Waals surface area contributed by atoms with Gasteiger partial charge in [0.1, 0.15) is 17.1 Å². The molecule has 9 heteroatoms. The molecular formula is C19H18F3N3O3. The Morgan fingerprint density at radius 1 is 1.18 bits per heavy atom. The van der Waals surface area contributed by atoms with E-state index in [1.54, 1.807) is 24.3 Å². The quantitative estimate of drug-likeness (QED) is 0.670. The third kappa shape index (κ3) is 4.93. The summed E-state index contributed by atoms with van der Waals surface area (Å²) in [5, 5.41) is 2.69. The Labute approximate surface area is 158 Å². The van der Waals surface area contributed by atoms with Crippen LogP contribution in [0.15, 0.2) is 48.8 Å². The molecule has 0 aliphatic carbocycles. The van der Waals surface area contributed by atoms with Gasteiger partial charge in [-0.2, -0.15) is 13.2 Å². The number of rotatable bonds is 7. The van der Waals surface area contributed by atoms with E-state index in [2.05, 4.69) is 10.3 Å². The minimum absolute atomic E-state index is 0.159. The molecule has 6 nitrogen and oxygen atoms in total. The summed E-state index contributed by atoms with van der Waals surface area (Å²) < 4.78 is 50.0. The van der Waals surface area contributed by atoms with Crippen molar-refractivity contribution in [3.63, 3.8) is 0 Å². The Morgan fingerprint density at radius 2 is 1.96 bits per heavy atom. The van der Waals surface area contributed by atoms with Crippen molar-refractivity contribution in [3.8, 4) is 11.5 Å². The first kappa shape index (κ1) is 19.5. The van der Waals surface area contributed by atoms with E-state index in [0.29, 0.717) is 29.3 Å². The van der Waals surface area contributed by atoms with Gasteiger partial charge in [0.15, 0.2) is 6.61 Å². The molecule has 0 bridgehead atoms. The molecule has 0 aliphatic rings. The third-order valence-electron chi connectivity index (χ3n) is 3.94. The fourth-order valence-corrected chi connectivity index (χ4v) is 2.55. The fraction of sp³-hybridized carbons (Fsp3) is 0.263. The molecule has 148 valence electrons. The van der Waals surface area contributed by atoms with E-state index in [9.17, 15) is 18.0 Å². The Hall–Kier alpha value is -3.23. The predicted octanol–water partition coefficient (Wildman–Crippen LogP) is 3.10. The van der Waals surface area contributed by atoms with E-state index in [0.717, 1.165) is 12.3 Å². The minimum Gasteiger partial charge on any atom is -0.497 e. The van der Waals surface area contributed by atoms with E-state index in [-0.39, 0.29) is 19.1 Å². The summed E-state index contributed by atoms with van der Waals surface area (Å²) >= 11 is 0. The van der Waals surface area contributed by atoms with Crippen molar-refractivity contribution in [2.45, 2.75) is 12.6 Å². The maximum absolute atomic E-state index is 12.8. The van der Waals surface area contributed by atoms with Crippen molar-refractivity contribution in [2.75, 3.05) is 20.3 Å². The van der Waals surface area contributed by atoms with E-state index in [4.69, 9.17) is 9.47 Å². The lowest BCUT2D eigenvalue weighted by atomic mass is 10.3. The lowest BCUT2D eigenvalue weighted by Gasteiger charge is -2.08. The number of nitrogens with zero attached hydrogens (tertiary/aromatic N) is 2. The van der Waals surface area contributed by atoms with Crippen molar-refractivity contribution in [1.29, 1.82) is 0 Å². The number of halogens is 3. The van der Waals surface area contributed by atoms with Gasteiger partial charge in [0.2, 0.25) is 0 Å². The van der Waals surface area contributed by atoms with E-state index < -0.39 is 11.7 Å². The number of alkyl halides is 3. The number of imidazole rings is 1. The van der Waals surface area contributed by atoms with Crippen LogP contribution in [0.5, 0.6) is 11.5 Å². The summed E-state index contributed by atoms with van der Waals surface area (Å²) in [4.78, 5) is 16.1. The molecule has 1 N–H and O–H groups in total. The topological polar surface area (TPSA) is 64.9 Å². The molecule has 0 atom stereocenters. The first-order chi connectivity index (χ1) is 13.3. The van der Waals surface area contributed by atoms with Crippen molar-refractivity contribution in [3.05, 3.63) is 60.0 Å². The number of aromatic nitrogens is 2. The molecule has 2 aromatic heterocycles. The van der Waals surface area contributed by atoms with Crippen LogP contribution in [0, 0.1) is 0 Å². The van der Waals surface area contributed by atoms with Gasteiger partial charge in [-0.1, -0.05) is 6.07 Å². The van der Waals surface area contributed by atoms with E-state index >= 15 is 0 Å². The molecule has 0 spiro atoms. The van der Waals surface area contributed by atoms with Crippen molar-refractivity contribution in [1.82, 2.24) is 14.7 Å². The number of amides is 1. The van der Waals surface area contributed by atoms with E-state index in [1.165, 1.54) is 23.8 Å². The van der Waals surface area contributed by atoms with Gasteiger partial charge in [0.25, 0.3) is 5.91 Å². The number of ether oxygens (including phenoxy) is 2. The van der Waals surface area contributed by atoms with Crippen LogP contribution in [0.2, 0.25) is 0 Å². The van der Waals surface area contributed by atoms with Gasteiger partial charge in [-0.25, -0.2) is 4.98 Å². The molecule has 1 amide bonds. The molecule has 0 saturated heterocycles. The Balaban J connectivity index is 1.49. The standard InChI is InChI=1S/C19H18F3N3O3/c1-27-15-3-2-4-16(9-15)28-12-18(26)23-8-7-14-11-25-10-13(19(20,21)22)5-6-17(25)24-14/h2-6,9-11H,7-8,12H2,1H3,(H,23,26). The maximum atomic E-state index is 12.8. The van der Waals surface area contributed by atoms with Crippen LogP contribution in [0.4, 0.5) is 13.2 Å². The zero-order valence-corrected chi connectivity index (χ0v) is 15.0. The van der Waals surface area contributed by atoms with Gasteiger partial charge in [-0.05, 0) is 24.3 Å². The summed E-state index contributed by atoms with van der Waals surface area (Å²) in [7, 11) is 1.54.